The lowest BCUT2D eigenvalue weighted by atomic mass is 10.0. The summed E-state index contributed by atoms with van der Waals surface area (Å²) in [4.78, 5) is 4.18. The van der Waals surface area contributed by atoms with Gasteiger partial charge in [-0.3, -0.25) is 0 Å². The molecule has 0 aromatic rings. The first-order chi connectivity index (χ1) is 5.25. The Bertz CT molecular complexity index is 195. The summed E-state index contributed by atoms with van der Waals surface area (Å²) in [6.45, 7) is 3.03. The van der Waals surface area contributed by atoms with Crippen molar-refractivity contribution in [2.75, 3.05) is 6.61 Å². The number of thioether (sulfide) groups is 1. The molecule has 2 aliphatic rings. The summed E-state index contributed by atoms with van der Waals surface area (Å²) in [6.07, 6.45) is 1.23. The van der Waals surface area contributed by atoms with Gasteiger partial charge in [-0.15, -0.1) is 0 Å². The Morgan fingerprint density at radius 3 is 3.36 bits per heavy atom. The van der Waals surface area contributed by atoms with Crippen LogP contribution in [0, 0.1) is 5.92 Å². The minimum Gasteiger partial charge on any atom is -0.378 e. The summed E-state index contributed by atoms with van der Waals surface area (Å²) in [5.41, 5.74) is 5.57. The molecule has 3 unspecified atom stereocenters. The van der Waals surface area contributed by atoms with E-state index in [0.29, 0.717) is 16.3 Å². The molecule has 0 aliphatic carbocycles. The van der Waals surface area contributed by atoms with Crippen LogP contribution in [0.2, 0.25) is 0 Å². The fourth-order valence-electron chi connectivity index (χ4n) is 1.49. The summed E-state index contributed by atoms with van der Waals surface area (Å²) in [5, 5.41) is 1.17. The maximum atomic E-state index is 5.57. The van der Waals surface area contributed by atoms with Crippen molar-refractivity contribution in [3.8, 4) is 0 Å². The number of nitrogens with zero attached hydrogens (tertiary/aromatic N) is 1. The Morgan fingerprint density at radius 1 is 1.73 bits per heavy atom. The van der Waals surface area contributed by atoms with E-state index >= 15 is 0 Å². The molecule has 2 heterocycles. The van der Waals surface area contributed by atoms with Crippen LogP contribution >= 0.6 is 11.8 Å². The van der Waals surface area contributed by atoms with E-state index in [1.165, 1.54) is 6.42 Å². The van der Waals surface area contributed by atoms with Gasteiger partial charge in [0.05, 0.1) is 11.9 Å². The predicted octanol–water partition coefficient (Wildman–Crippen LogP) is 0.799. The summed E-state index contributed by atoms with van der Waals surface area (Å²) >= 11 is 1.66. The summed E-state index contributed by atoms with van der Waals surface area (Å²) in [5.74, 6) is 0.657. The minimum absolute atomic E-state index is 0.0520. The molecule has 1 saturated heterocycles. The van der Waals surface area contributed by atoms with Crippen LogP contribution in [-0.2, 0) is 4.74 Å². The van der Waals surface area contributed by atoms with Gasteiger partial charge in [0.1, 0.15) is 0 Å². The van der Waals surface area contributed by atoms with E-state index in [0.717, 1.165) is 6.61 Å². The van der Waals surface area contributed by atoms with Crippen molar-refractivity contribution in [2.45, 2.75) is 24.8 Å². The monoisotopic (exact) mass is 172 g/mol. The quantitative estimate of drug-likeness (QED) is 0.588. The lowest BCUT2D eigenvalue weighted by molar-refractivity contribution is 0.00196. The Kier molecular flexibility index (Phi) is 1.81. The van der Waals surface area contributed by atoms with Crippen LogP contribution in [0.3, 0.4) is 0 Å². The average molecular weight is 172 g/mol. The molecule has 0 bridgehead atoms. The van der Waals surface area contributed by atoms with Crippen LogP contribution in [0.15, 0.2) is 4.99 Å². The van der Waals surface area contributed by atoms with Gasteiger partial charge in [0.25, 0.3) is 0 Å². The van der Waals surface area contributed by atoms with E-state index in [9.17, 15) is 0 Å². The molecule has 3 nitrogen and oxygen atoms in total. The van der Waals surface area contributed by atoms with Crippen LogP contribution in [0.5, 0.6) is 0 Å². The molecule has 2 aliphatic heterocycles. The van der Waals surface area contributed by atoms with E-state index in [2.05, 4.69) is 11.9 Å². The highest BCUT2D eigenvalue weighted by Gasteiger charge is 2.34. The van der Waals surface area contributed by atoms with Crippen LogP contribution in [-0.4, -0.2) is 23.3 Å². The van der Waals surface area contributed by atoms with Gasteiger partial charge in [0, 0.05) is 0 Å². The van der Waals surface area contributed by atoms with Crippen molar-refractivity contribution in [1.82, 2.24) is 0 Å². The summed E-state index contributed by atoms with van der Waals surface area (Å²) < 4.78 is 5.50. The molecular formula is C7H12N2OS. The van der Waals surface area contributed by atoms with E-state index in [1.54, 1.807) is 11.8 Å². The molecule has 3 atom stereocenters. The third-order valence-electron chi connectivity index (χ3n) is 2.03. The first-order valence-corrected chi connectivity index (χ1v) is 4.75. The molecule has 0 spiro atoms. The second-order valence-corrected chi connectivity index (χ2v) is 4.45. The Balaban J connectivity index is 2.03. The average Bonchev–Trinajstić information content (AvgIpc) is 2.27. The molecule has 0 radical (unpaired) electrons. The van der Waals surface area contributed by atoms with Crippen LogP contribution in [0.4, 0.5) is 0 Å². The van der Waals surface area contributed by atoms with Crippen molar-refractivity contribution >= 4 is 16.9 Å². The summed E-state index contributed by atoms with van der Waals surface area (Å²) in [6, 6.07) is 0. The molecule has 2 rings (SSSR count). The molecule has 0 amide bonds. The lowest BCUT2D eigenvalue weighted by Crippen LogP contribution is -2.31. The van der Waals surface area contributed by atoms with Crippen molar-refractivity contribution in [3.05, 3.63) is 0 Å². The standard InChI is InChI=1S/C7H12N2OS/c1-4-2-5-6(10-3-4)9-7(8)11-5/h4-6H,2-3H2,1H3,(H2,8,9). The predicted molar refractivity (Wildman–Crippen MR) is 46.5 cm³/mol. The van der Waals surface area contributed by atoms with Crippen molar-refractivity contribution in [3.63, 3.8) is 0 Å². The Hall–Kier alpha value is -0.220. The SMILES string of the molecule is CC1COC2N=C(N)SC2C1. The van der Waals surface area contributed by atoms with E-state index < -0.39 is 0 Å². The van der Waals surface area contributed by atoms with Gasteiger partial charge < -0.3 is 10.5 Å². The van der Waals surface area contributed by atoms with E-state index in [-0.39, 0.29) is 6.23 Å². The molecule has 2 N–H and O–H groups in total. The zero-order chi connectivity index (χ0) is 7.84. The molecule has 0 aromatic carbocycles. The number of hydrogen-bond donors (Lipinski definition) is 1. The minimum atomic E-state index is 0.0520. The molecule has 11 heavy (non-hydrogen) atoms. The fraction of sp³-hybridized carbons (Fsp3) is 0.857. The number of aliphatic imine (C=N–C) groups is 1. The zero-order valence-corrected chi connectivity index (χ0v) is 7.30. The van der Waals surface area contributed by atoms with Crippen LogP contribution < -0.4 is 5.73 Å². The maximum absolute atomic E-state index is 5.57. The first kappa shape index (κ1) is 7.43. The second kappa shape index (κ2) is 2.68. The van der Waals surface area contributed by atoms with Gasteiger partial charge in [-0.1, -0.05) is 18.7 Å². The molecular weight excluding hydrogens is 160 g/mol. The van der Waals surface area contributed by atoms with Gasteiger partial charge in [-0.2, -0.15) is 0 Å². The number of nitrogens with two attached hydrogens (primary N) is 1. The third-order valence-corrected chi connectivity index (χ3v) is 3.11. The molecule has 4 heteroatoms. The van der Waals surface area contributed by atoms with Gasteiger partial charge in [0.15, 0.2) is 11.4 Å². The van der Waals surface area contributed by atoms with Gasteiger partial charge in [-0.05, 0) is 12.3 Å². The highest BCUT2D eigenvalue weighted by molar-refractivity contribution is 8.14. The van der Waals surface area contributed by atoms with Crippen molar-refractivity contribution in [1.29, 1.82) is 0 Å². The number of rotatable bonds is 0. The molecule has 0 saturated carbocycles. The summed E-state index contributed by atoms with van der Waals surface area (Å²) in [7, 11) is 0. The number of hydrogen-bond acceptors (Lipinski definition) is 4. The highest BCUT2D eigenvalue weighted by Crippen LogP contribution is 2.34. The Labute approximate surface area is 70.4 Å². The van der Waals surface area contributed by atoms with E-state index in [1.807, 2.05) is 0 Å². The normalized spacial score (nSPS) is 43.4. The Morgan fingerprint density at radius 2 is 2.55 bits per heavy atom. The smallest absolute Gasteiger partial charge is 0.163 e. The van der Waals surface area contributed by atoms with E-state index in [4.69, 9.17) is 10.5 Å². The van der Waals surface area contributed by atoms with Crippen molar-refractivity contribution < 1.29 is 4.74 Å². The largest absolute Gasteiger partial charge is 0.378 e. The van der Waals surface area contributed by atoms with Gasteiger partial charge >= 0.3 is 0 Å². The molecule has 62 valence electrons. The van der Waals surface area contributed by atoms with Crippen molar-refractivity contribution in [2.24, 2.45) is 16.6 Å². The maximum Gasteiger partial charge on any atom is 0.163 e. The fourth-order valence-corrected chi connectivity index (χ4v) is 2.64. The number of ether oxygens (including phenoxy) is 1. The lowest BCUT2D eigenvalue weighted by Gasteiger charge is -2.27. The molecule has 0 aromatic heterocycles. The van der Waals surface area contributed by atoms with Crippen LogP contribution in [0.25, 0.3) is 0 Å². The van der Waals surface area contributed by atoms with Crippen LogP contribution in [0.1, 0.15) is 13.3 Å². The van der Waals surface area contributed by atoms with Gasteiger partial charge in [0.2, 0.25) is 0 Å². The van der Waals surface area contributed by atoms with Gasteiger partial charge in [-0.25, -0.2) is 4.99 Å². The third kappa shape index (κ3) is 1.37. The number of amidine groups is 1. The number of fused-ring (bicyclic) bond motifs is 1. The first-order valence-electron chi connectivity index (χ1n) is 3.87. The highest BCUT2D eigenvalue weighted by atomic mass is 32.2. The zero-order valence-electron chi connectivity index (χ0n) is 6.49. The molecule has 1 fully saturated rings. The topological polar surface area (TPSA) is 47.6 Å². The second-order valence-electron chi connectivity index (χ2n) is 3.19.